The first kappa shape index (κ1) is 22.4. The molecule has 5 nitrogen and oxygen atoms in total. The molecule has 0 unspecified atom stereocenters. The molecule has 1 N–H and O–H groups in total. The number of benzene rings is 2. The average Bonchev–Trinajstić information content (AvgIpc) is 3.13. The van der Waals surface area contributed by atoms with Gasteiger partial charge in [0, 0.05) is 15.9 Å². The van der Waals surface area contributed by atoms with Crippen LogP contribution >= 0.6 is 27.7 Å². The van der Waals surface area contributed by atoms with Crippen molar-refractivity contribution in [1.29, 1.82) is 0 Å². The lowest BCUT2D eigenvalue weighted by Gasteiger charge is -2.13. The highest BCUT2D eigenvalue weighted by Gasteiger charge is 2.34. The third-order valence-corrected chi connectivity index (χ3v) is 5.77. The molecule has 0 saturated heterocycles. The Morgan fingerprint density at radius 2 is 1.83 bits per heavy atom. The number of nitrogens with one attached hydrogen (secondary N) is 1. The van der Waals surface area contributed by atoms with Crippen LogP contribution in [0.1, 0.15) is 35.1 Å². The van der Waals surface area contributed by atoms with Gasteiger partial charge < -0.3 is 5.32 Å². The van der Waals surface area contributed by atoms with E-state index in [1.165, 1.54) is 23.9 Å². The molecule has 0 fully saturated rings. The molecule has 0 spiro atoms. The van der Waals surface area contributed by atoms with Crippen molar-refractivity contribution in [3.63, 3.8) is 0 Å². The molecular formula is C20H18BrF3N4OS. The minimum atomic E-state index is -4.62. The van der Waals surface area contributed by atoms with Crippen molar-refractivity contribution in [1.82, 2.24) is 20.1 Å². The molecule has 0 radical (unpaired) electrons. The van der Waals surface area contributed by atoms with Gasteiger partial charge in [-0.2, -0.15) is 13.2 Å². The van der Waals surface area contributed by atoms with Crippen molar-refractivity contribution in [3.8, 4) is 5.69 Å². The highest BCUT2D eigenvalue weighted by atomic mass is 79.9. The van der Waals surface area contributed by atoms with Crippen LogP contribution < -0.4 is 5.32 Å². The first-order valence-electron chi connectivity index (χ1n) is 9.08. The number of amides is 1. The van der Waals surface area contributed by atoms with E-state index in [4.69, 9.17) is 0 Å². The first-order valence-corrected chi connectivity index (χ1v) is 10.9. The Labute approximate surface area is 184 Å². The number of aromatic nitrogens is 3. The zero-order chi connectivity index (χ0) is 21.7. The lowest BCUT2D eigenvalue weighted by Crippen LogP contribution is -2.27. The van der Waals surface area contributed by atoms with Crippen LogP contribution in [-0.2, 0) is 12.7 Å². The second-order valence-corrected chi connectivity index (χ2v) is 8.26. The first-order chi connectivity index (χ1) is 14.3. The number of thioether (sulfide) groups is 1. The quantitative estimate of drug-likeness (QED) is 0.438. The summed E-state index contributed by atoms with van der Waals surface area (Å²) >= 11 is 4.91. The van der Waals surface area contributed by atoms with Crippen molar-refractivity contribution in [3.05, 3.63) is 70.0 Å². The molecule has 0 aliphatic heterocycles. The van der Waals surface area contributed by atoms with Gasteiger partial charge in [0.2, 0.25) is 0 Å². The number of rotatable bonds is 7. The van der Waals surface area contributed by atoms with Gasteiger partial charge in [0.25, 0.3) is 5.91 Å². The standard InChI is InChI=1S/C20H18BrF3N4OS/c1-2-11-30-19-27-26-17(28(19)14-9-7-13(21)8-10-14)12-25-18(29)15-5-3-4-6-16(15)20(22,23)24/h3-10H,2,11-12H2,1H3,(H,25,29). The average molecular weight is 499 g/mol. The van der Waals surface area contributed by atoms with Crippen LogP contribution in [-0.4, -0.2) is 26.4 Å². The summed E-state index contributed by atoms with van der Waals surface area (Å²) in [6.07, 6.45) is -3.67. The van der Waals surface area contributed by atoms with Gasteiger partial charge in [-0.1, -0.05) is 46.7 Å². The highest BCUT2D eigenvalue weighted by Crippen LogP contribution is 2.32. The van der Waals surface area contributed by atoms with Gasteiger partial charge >= 0.3 is 6.18 Å². The van der Waals surface area contributed by atoms with Gasteiger partial charge in [-0.05, 0) is 42.8 Å². The lowest BCUT2D eigenvalue weighted by atomic mass is 10.1. The fourth-order valence-corrected chi connectivity index (χ4v) is 3.82. The smallest absolute Gasteiger partial charge is 0.345 e. The number of nitrogens with zero attached hydrogens (tertiary/aromatic N) is 3. The molecule has 1 heterocycles. The van der Waals surface area contributed by atoms with E-state index in [9.17, 15) is 18.0 Å². The molecule has 1 aromatic heterocycles. The Hall–Kier alpha value is -2.33. The molecule has 0 saturated carbocycles. The van der Waals surface area contributed by atoms with E-state index in [1.807, 2.05) is 31.2 Å². The van der Waals surface area contributed by atoms with Crippen LogP contribution in [0.2, 0.25) is 0 Å². The second kappa shape index (κ2) is 9.65. The number of halogens is 4. The Morgan fingerprint density at radius 1 is 1.13 bits per heavy atom. The molecule has 3 aromatic rings. The number of hydrogen-bond donors (Lipinski definition) is 1. The molecule has 0 aliphatic carbocycles. The van der Waals surface area contributed by atoms with Gasteiger partial charge in [0.05, 0.1) is 17.7 Å². The third-order valence-electron chi connectivity index (χ3n) is 4.10. The minimum Gasteiger partial charge on any atom is -0.345 e. The maximum absolute atomic E-state index is 13.2. The van der Waals surface area contributed by atoms with E-state index in [-0.39, 0.29) is 6.54 Å². The molecule has 158 valence electrons. The van der Waals surface area contributed by atoms with Crippen molar-refractivity contribution >= 4 is 33.6 Å². The fourth-order valence-electron chi connectivity index (χ4n) is 2.73. The van der Waals surface area contributed by atoms with Gasteiger partial charge in [-0.3, -0.25) is 9.36 Å². The highest BCUT2D eigenvalue weighted by molar-refractivity contribution is 9.10. The molecule has 0 bridgehead atoms. The van der Waals surface area contributed by atoms with E-state index in [2.05, 4.69) is 31.4 Å². The Kier molecular flexibility index (Phi) is 7.19. The van der Waals surface area contributed by atoms with Crippen LogP contribution in [0.3, 0.4) is 0 Å². The molecule has 10 heteroatoms. The van der Waals surface area contributed by atoms with Crippen LogP contribution in [0.25, 0.3) is 5.69 Å². The maximum atomic E-state index is 13.2. The van der Waals surface area contributed by atoms with Crippen LogP contribution in [0.4, 0.5) is 13.2 Å². The van der Waals surface area contributed by atoms with Gasteiger partial charge in [-0.15, -0.1) is 10.2 Å². The van der Waals surface area contributed by atoms with Crippen LogP contribution in [0.5, 0.6) is 0 Å². The van der Waals surface area contributed by atoms with E-state index >= 15 is 0 Å². The lowest BCUT2D eigenvalue weighted by molar-refractivity contribution is -0.137. The monoisotopic (exact) mass is 498 g/mol. The van der Waals surface area contributed by atoms with Crippen molar-refractivity contribution in [2.75, 3.05) is 5.75 Å². The van der Waals surface area contributed by atoms with E-state index in [1.54, 1.807) is 4.57 Å². The van der Waals surface area contributed by atoms with Gasteiger partial charge in [-0.25, -0.2) is 0 Å². The number of carbonyl (C=O) groups excluding carboxylic acids is 1. The maximum Gasteiger partial charge on any atom is 0.417 e. The van der Waals surface area contributed by atoms with Gasteiger partial charge in [0.15, 0.2) is 11.0 Å². The Bertz CT molecular complexity index is 1020. The molecular weight excluding hydrogens is 481 g/mol. The van der Waals surface area contributed by atoms with Crippen molar-refractivity contribution < 1.29 is 18.0 Å². The summed E-state index contributed by atoms with van der Waals surface area (Å²) in [7, 11) is 0. The summed E-state index contributed by atoms with van der Waals surface area (Å²) in [4.78, 5) is 12.5. The molecule has 1 amide bonds. The van der Waals surface area contributed by atoms with Crippen LogP contribution in [0, 0.1) is 0 Å². The normalized spacial score (nSPS) is 11.5. The van der Waals surface area contributed by atoms with Gasteiger partial charge in [0.1, 0.15) is 0 Å². The van der Waals surface area contributed by atoms with Crippen molar-refractivity contribution in [2.45, 2.75) is 31.2 Å². The fraction of sp³-hybridized carbons (Fsp3) is 0.250. The predicted molar refractivity (Wildman–Crippen MR) is 113 cm³/mol. The molecule has 0 atom stereocenters. The molecule has 2 aromatic carbocycles. The summed E-state index contributed by atoms with van der Waals surface area (Å²) in [5, 5.41) is 11.5. The summed E-state index contributed by atoms with van der Waals surface area (Å²) in [5.74, 6) is 0.435. The summed E-state index contributed by atoms with van der Waals surface area (Å²) < 4.78 is 42.3. The van der Waals surface area contributed by atoms with Crippen molar-refractivity contribution in [2.24, 2.45) is 0 Å². The van der Waals surface area contributed by atoms with E-state index in [0.717, 1.165) is 34.5 Å². The summed E-state index contributed by atoms with van der Waals surface area (Å²) in [6, 6.07) is 12.2. The van der Waals surface area contributed by atoms with Crippen LogP contribution in [0.15, 0.2) is 58.2 Å². The predicted octanol–water partition coefficient (Wildman–Crippen LogP) is 5.48. The third kappa shape index (κ3) is 5.23. The molecule has 3 rings (SSSR count). The number of hydrogen-bond acceptors (Lipinski definition) is 4. The second-order valence-electron chi connectivity index (χ2n) is 6.29. The molecule has 30 heavy (non-hydrogen) atoms. The zero-order valence-electron chi connectivity index (χ0n) is 15.9. The van der Waals surface area contributed by atoms with E-state index in [0.29, 0.717) is 11.0 Å². The number of alkyl halides is 3. The summed E-state index contributed by atoms with van der Waals surface area (Å²) in [5.41, 5.74) is -0.613. The summed E-state index contributed by atoms with van der Waals surface area (Å²) in [6.45, 7) is 1.98. The minimum absolute atomic E-state index is 0.0687. The van der Waals surface area contributed by atoms with E-state index < -0.39 is 23.2 Å². The SMILES string of the molecule is CCCSc1nnc(CNC(=O)c2ccccc2C(F)(F)F)n1-c1ccc(Br)cc1. The largest absolute Gasteiger partial charge is 0.417 e. The topological polar surface area (TPSA) is 59.8 Å². The molecule has 0 aliphatic rings. The zero-order valence-corrected chi connectivity index (χ0v) is 18.3. The Balaban J connectivity index is 1.86. The number of carbonyl (C=O) groups is 1. The Morgan fingerprint density at radius 3 is 2.50 bits per heavy atom.